The number of hydrogen-bond acceptors (Lipinski definition) is 4. The molecule has 0 saturated carbocycles. The van der Waals surface area contributed by atoms with Crippen molar-refractivity contribution in [2.45, 2.75) is 12.8 Å². The molecule has 0 radical (unpaired) electrons. The monoisotopic (exact) mass is 327 g/mol. The molecule has 1 aromatic carbocycles. The van der Waals surface area contributed by atoms with Gasteiger partial charge in [0.2, 0.25) is 5.91 Å². The average molecular weight is 328 g/mol. The fraction of sp³-hybridized carbons (Fsp3) is 0.308. The number of Topliss-reactive ketones (excluding diaryl/α,β-unsaturated/α-hetero) is 1. The summed E-state index contributed by atoms with van der Waals surface area (Å²) in [5.41, 5.74) is 0.559. The molecule has 0 bridgehead atoms. The molecule has 1 rings (SSSR count). The van der Waals surface area contributed by atoms with Crippen LogP contribution in [0.4, 0.5) is 0 Å². The van der Waals surface area contributed by atoms with E-state index in [1.807, 2.05) is 0 Å². The largest absolute Gasteiger partial charge is 0.468 e. The molecule has 0 fully saturated rings. The number of ketones is 1. The van der Waals surface area contributed by atoms with E-state index in [0.717, 1.165) is 4.47 Å². The summed E-state index contributed by atoms with van der Waals surface area (Å²) in [6.07, 6.45) is 0.153. The lowest BCUT2D eigenvalue weighted by Gasteiger charge is -2.04. The zero-order chi connectivity index (χ0) is 14.3. The van der Waals surface area contributed by atoms with Crippen molar-refractivity contribution in [1.82, 2.24) is 5.32 Å². The van der Waals surface area contributed by atoms with E-state index in [4.69, 9.17) is 0 Å². The van der Waals surface area contributed by atoms with Gasteiger partial charge in [0.1, 0.15) is 6.54 Å². The highest BCUT2D eigenvalue weighted by Crippen LogP contribution is 2.12. The lowest BCUT2D eigenvalue weighted by molar-refractivity contribution is -0.141. The van der Waals surface area contributed by atoms with Crippen LogP contribution in [0.2, 0.25) is 0 Å². The highest BCUT2D eigenvalue weighted by molar-refractivity contribution is 9.10. The van der Waals surface area contributed by atoms with Gasteiger partial charge in [0.05, 0.1) is 7.11 Å². The lowest BCUT2D eigenvalue weighted by Crippen LogP contribution is -2.30. The van der Waals surface area contributed by atoms with Gasteiger partial charge in [0.15, 0.2) is 5.78 Å². The number of carbonyl (C=O) groups is 3. The van der Waals surface area contributed by atoms with E-state index in [-0.39, 0.29) is 31.1 Å². The summed E-state index contributed by atoms with van der Waals surface area (Å²) in [7, 11) is 1.24. The van der Waals surface area contributed by atoms with E-state index in [9.17, 15) is 14.4 Å². The van der Waals surface area contributed by atoms with E-state index in [1.165, 1.54) is 7.11 Å². The molecule has 1 amide bonds. The van der Waals surface area contributed by atoms with Crippen molar-refractivity contribution in [1.29, 1.82) is 0 Å². The highest BCUT2D eigenvalue weighted by Gasteiger charge is 2.10. The van der Waals surface area contributed by atoms with Crippen LogP contribution in [0.3, 0.4) is 0 Å². The van der Waals surface area contributed by atoms with E-state index in [1.54, 1.807) is 24.3 Å². The molecule has 0 heterocycles. The summed E-state index contributed by atoms with van der Waals surface area (Å²) in [6.45, 7) is -0.179. The molecule has 5 nitrogen and oxygen atoms in total. The Morgan fingerprint density at radius 2 is 1.79 bits per heavy atom. The lowest BCUT2D eigenvalue weighted by atomic mass is 10.1. The minimum atomic E-state index is -0.521. The van der Waals surface area contributed by atoms with Crippen molar-refractivity contribution in [2.24, 2.45) is 0 Å². The Bertz CT molecular complexity index is 470. The van der Waals surface area contributed by atoms with Gasteiger partial charge in [-0.25, -0.2) is 0 Å². The predicted octanol–water partition coefficient (Wildman–Crippen LogP) is 1.70. The van der Waals surface area contributed by atoms with Gasteiger partial charge >= 0.3 is 5.97 Å². The number of rotatable bonds is 6. The molecule has 0 aliphatic heterocycles. The van der Waals surface area contributed by atoms with Crippen LogP contribution in [0.5, 0.6) is 0 Å². The van der Waals surface area contributed by atoms with Gasteiger partial charge < -0.3 is 10.1 Å². The Kier molecular flexibility index (Phi) is 6.21. The fourth-order valence-electron chi connectivity index (χ4n) is 1.34. The number of nitrogens with one attached hydrogen (secondary N) is 1. The summed E-state index contributed by atoms with van der Waals surface area (Å²) in [4.78, 5) is 33.9. The molecule has 0 spiro atoms. The quantitative estimate of drug-likeness (QED) is 0.637. The summed E-state index contributed by atoms with van der Waals surface area (Å²) >= 11 is 3.28. The zero-order valence-electron chi connectivity index (χ0n) is 10.4. The minimum Gasteiger partial charge on any atom is -0.468 e. The molecular formula is C13H14BrNO4. The number of carbonyl (C=O) groups excluding carboxylic acids is 3. The molecule has 102 valence electrons. The van der Waals surface area contributed by atoms with E-state index < -0.39 is 5.97 Å². The second kappa shape index (κ2) is 7.68. The number of methoxy groups -OCH3 is 1. The smallest absolute Gasteiger partial charge is 0.325 e. The maximum absolute atomic E-state index is 11.8. The van der Waals surface area contributed by atoms with Gasteiger partial charge in [-0.15, -0.1) is 0 Å². The second-order valence-corrected chi connectivity index (χ2v) is 4.70. The first-order valence-electron chi connectivity index (χ1n) is 5.65. The van der Waals surface area contributed by atoms with Crippen LogP contribution >= 0.6 is 15.9 Å². The van der Waals surface area contributed by atoms with Crippen molar-refractivity contribution in [2.75, 3.05) is 13.7 Å². The van der Waals surface area contributed by atoms with E-state index in [0.29, 0.717) is 5.56 Å². The molecule has 6 heteroatoms. The number of esters is 1. The first-order chi connectivity index (χ1) is 9.02. The Balaban J connectivity index is 2.36. The Hall–Kier alpha value is -1.69. The molecular weight excluding hydrogens is 314 g/mol. The molecule has 0 saturated heterocycles. The van der Waals surface area contributed by atoms with Gasteiger partial charge in [-0.2, -0.15) is 0 Å². The molecule has 1 aromatic rings. The Labute approximate surface area is 119 Å². The summed E-state index contributed by atoms with van der Waals surface area (Å²) < 4.78 is 5.27. The number of benzene rings is 1. The number of hydrogen-bond donors (Lipinski definition) is 1. The maximum Gasteiger partial charge on any atom is 0.325 e. The van der Waals surface area contributed by atoms with Gasteiger partial charge in [-0.1, -0.05) is 28.1 Å². The first-order valence-corrected chi connectivity index (χ1v) is 6.44. The van der Waals surface area contributed by atoms with Gasteiger partial charge in [-0.3, -0.25) is 14.4 Å². The normalized spacial score (nSPS) is 9.79. The summed E-state index contributed by atoms with van der Waals surface area (Å²) in [5.74, 6) is -0.982. The molecule has 19 heavy (non-hydrogen) atoms. The third kappa shape index (κ3) is 5.65. The minimum absolute atomic E-state index is 0.0475. The van der Waals surface area contributed by atoms with Crippen molar-refractivity contribution in [3.63, 3.8) is 0 Å². The standard InChI is InChI=1S/C13H14BrNO4/c1-19-13(18)8-15-12(17)7-6-11(16)9-2-4-10(14)5-3-9/h2-5H,6-8H2,1H3,(H,15,17). The topological polar surface area (TPSA) is 72.5 Å². The van der Waals surface area contributed by atoms with Crippen molar-refractivity contribution in [3.05, 3.63) is 34.3 Å². The molecule has 0 aromatic heterocycles. The Morgan fingerprint density at radius 3 is 2.37 bits per heavy atom. The molecule has 0 atom stereocenters. The first kappa shape index (κ1) is 15.4. The average Bonchev–Trinajstić information content (AvgIpc) is 2.42. The third-order valence-electron chi connectivity index (χ3n) is 2.40. The van der Waals surface area contributed by atoms with E-state index >= 15 is 0 Å². The second-order valence-electron chi connectivity index (χ2n) is 3.78. The number of amides is 1. The van der Waals surface area contributed by atoms with Crippen LogP contribution in [-0.2, 0) is 14.3 Å². The van der Waals surface area contributed by atoms with Crippen molar-refractivity contribution >= 4 is 33.6 Å². The highest BCUT2D eigenvalue weighted by atomic mass is 79.9. The summed E-state index contributed by atoms with van der Waals surface area (Å²) in [5, 5.41) is 2.38. The van der Waals surface area contributed by atoms with Crippen LogP contribution in [0.25, 0.3) is 0 Å². The molecule has 0 aliphatic carbocycles. The summed E-state index contributed by atoms with van der Waals surface area (Å²) in [6, 6.07) is 6.92. The van der Waals surface area contributed by atoms with Crippen LogP contribution in [-0.4, -0.2) is 31.3 Å². The van der Waals surface area contributed by atoms with Crippen molar-refractivity contribution < 1.29 is 19.1 Å². The zero-order valence-corrected chi connectivity index (χ0v) is 12.0. The molecule has 0 aliphatic rings. The van der Waals surface area contributed by atoms with Crippen LogP contribution in [0, 0.1) is 0 Å². The van der Waals surface area contributed by atoms with Crippen molar-refractivity contribution in [3.8, 4) is 0 Å². The predicted molar refractivity (Wildman–Crippen MR) is 72.7 cm³/mol. The van der Waals surface area contributed by atoms with Crippen LogP contribution in [0.1, 0.15) is 23.2 Å². The number of ether oxygens (including phenoxy) is 1. The van der Waals surface area contributed by atoms with Gasteiger partial charge in [-0.05, 0) is 12.1 Å². The maximum atomic E-state index is 11.8. The third-order valence-corrected chi connectivity index (χ3v) is 2.93. The fourth-order valence-corrected chi connectivity index (χ4v) is 1.60. The van der Waals surface area contributed by atoms with Crippen LogP contribution in [0.15, 0.2) is 28.7 Å². The molecule has 1 N–H and O–H groups in total. The van der Waals surface area contributed by atoms with E-state index in [2.05, 4.69) is 26.0 Å². The molecule has 0 unspecified atom stereocenters. The van der Waals surface area contributed by atoms with Crippen LogP contribution < -0.4 is 5.32 Å². The number of halogens is 1. The Morgan fingerprint density at radius 1 is 1.16 bits per heavy atom. The SMILES string of the molecule is COC(=O)CNC(=O)CCC(=O)c1ccc(Br)cc1. The van der Waals surface area contributed by atoms with Gasteiger partial charge in [0, 0.05) is 22.9 Å². The van der Waals surface area contributed by atoms with Gasteiger partial charge in [0.25, 0.3) is 0 Å².